The maximum atomic E-state index is 12.8. The van der Waals surface area contributed by atoms with E-state index in [1.807, 2.05) is 0 Å². The molecule has 0 unspecified atom stereocenters. The monoisotopic (exact) mass is 340 g/mol. The minimum absolute atomic E-state index is 0.0311. The highest BCUT2D eigenvalue weighted by molar-refractivity contribution is 5.93. The van der Waals surface area contributed by atoms with Crippen LogP contribution in [0.1, 0.15) is 28.1 Å². The maximum absolute atomic E-state index is 12.8. The molecule has 0 atom stereocenters. The summed E-state index contributed by atoms with van der Waals surface area (Å²) in [5.74, 6) is -0.863. The minimum atomic E-state index is -4.48. The van der Waals surface area contributed by atoms with Gasteiger partial charge in [-0.3, -0.25) is 9.59 Å². The fourth-order valence-electron chi connectivity index (χ4n) is 2.01. The molecule has 0 fully saturated rings. The number of carbonyl (C=O) groups excluding carboxylic acids is 2. The average Bonchev–Trinajstić information content (AvgIpc) is 3.02. The van der Waals surface area contributed by atoms with Crippen LogP contribution in [0.25, 0.3) is 0 Å². The van der Waals surface area contributed by atoms with Crippen LogP contribution in [0.15, 0.2) is 41.0 Å². The Morgan fingerprint density at radius 2 is 1.96 bits per heavy atom. The van der Waals surface area contributed by atoms with Gasteiger partial charge in [0.25, 0.3) is 5.91 Å². The number of aryl methyl sites for hydroxylation is 1. The molecule has 0 aliphatic carbocycles. The van der Waals surface area contributed by atoms with E-state index in [0.717, 1.165) is 6.07 Å². The van der Waals surface area contributed by atoms with E-state index >= 15 is 0 Å². The fraction of sp³-hybridized carbons (Fsp3) is 0.250. The summed E-state index contributed by atoms with van der Waals surface area (Å²) in [5, 5.41) is 4.85. The molecule has 5 nitrogen and oxygen atoms in total. The number of carbonyl (C=O) groups is 2. The number of nitrogens with one attached hydrogen (secondary N) is 2. The van der Waals surface area contributed by atoms with E-state index < -0.39 is 23.6 Å². The van der Waals surface area contributed by atoms with Crippen LogP contribution >= 0.6 is 0 Å². The van der Waals surface area contributed by atoms with Gasteiger partial charge in [-0.05, 0) is 36.8 Å². The Kier molecular flexibility index (Phi) is 5.28. The van der Waals surface area contributed by atoms with Gasteiger partial charge in [-0.15, -0.1) is 0 Å². The van der Waals surface area contributed by atoms with Gasteiger partial charge in [0.2, 0.25) is 5.91 Å². The van der Waals surface area contributed by atoms with E-state index in [9.17, 15) is 22.8 Å². The van der Waals surface area contributed by atoms with Gasteiger partial charge in [0, 0.05) is 18.7 Å². The van der Waals surface area contributed by atoms with E-state index in [1.165, 1.54) is 31.4 Å². The summed E-state index contributed by atoms with van der Waals surface area (Å²) in [4.78, 5) is 23.3. The third-order valence-corrected chi connectivity index (χ3v) is 3.21. The molecule has 2 rings (SSSR count). The molecule has 0 saturated carbocycles. The summed E-state index contributed by atoms with van der Waals surface area (Å²) in [6, 6.07) is 6.59. The molecule has 2 amide bonds. The lowest BCUT2D eigenvalue weighted by Gasteiger charge is -2.13. The lowest BCUT2D eigenvalue weighted by atomic mass is 10.1. The molecule has 0 bridgehead atoms. The zero-order valence-electron chi connectivity index (χ0n) is 12.7. The molecule has 128 valence electrons. The van der Waals surface area contributed by atoms with Gasteiger partial charge in [0.05, 0.1) is 11.8 Å². The molecular formula is C16H15F3N2O3. The summed E-state index contributed by atoms with van der Waals surface area (Å²) < 4.78 is 43.4. The maximum Gasteiger partial charge on any atom is 0.416 e. The van der Waals surface area contributed by atoms with Gasteiger partial charge in [0.1, 0.15) is 0 Å². The number of furan rings is 1. The number of halogens is 3. The third kappa shape index (κ3) is 4.61. The summed E-state index contributed by atoms with van der Waals surface area (Å²) in [6.45, 7) is 1.38. The molecular weight excluding hydrogens is 325 g/mol. The van der Waals surface area contributed by atoms with E-state index in [4.69, 9.17) is 4.42 Å². The summed E-state index contributed by atoms with van der Waals surface area (Å²) in [5.41, 5.74) is -0.673. The lowest BCUT2D eigenvalue weighted by molar-refractivity contribution is -0.138. The van der Waals surface area contributed by atoms with Crippen molar-refractivity contribution in [3.05, 3.63) is 53.5 Å². The quantitative estimate of drug-likeness (QED) is 0.877. The topological polar surface area (TPSA) is 71.3 Å². The van der Waals surface area contributed by atoms with Crippen molar-refractivity contribution in [3.63, 3.8) is 0 Å². The number of benzene rings is 1. The minimum Gasteiger partial charge on any atom is -0.459 e. The number of amides is 2. The van der Waals surface area contributed by atoms with Crippen LogP contribution < -0.4 is 10.6 Å². The lowest BCUT2D eigenvalue weighted by Crippen LogP contribution is -2.27. The molecule has 0 spiro atoms. The zero-order valence-corrected chi connectivity index (χ0v) is 12.7. The first-order chi connectivity index (χ1) is 11.3. The smallest absolute Gasteiger partial charge is 0.416 e. The van der Waals surface area contributed by atoms with Crippen molar-refractivity contribution in [2.45, 2.75) is 19.5 Å². The fourth-order valence-corrected chi connectivity index (χ4v) is 2.01. The Labute approximate surface area is 135 Å². The number of rotatable bonds is 5. The third-order valence-electron chi connectivity index (χ3n) is 3.21. The van der Waals surface area contributed by atoms with Gasteiger partial charge in [-0.25, -0.2) is 0 Å². The molecule has 0 aliphatic heterocycles. The Morgan fingerprint density at radius 1 is 1.21 bits per heavy atom. The van der Waals surface area contributed by atoms with Crippen molar-refractivity contribution in [1.29, 1.82) is 0 Å². The predicted molar refractivity (Wildman–Crippen MR) is 80.5 cm³/mol. The molecule has 0 saturated heterocycles. The van der Waals surface area contributed by atoms with E-state index in [-0.39, 0.29) is 30.0 Å². The van der Waals surface area contributed by atoms with E-state index in [1.54, 1.807) is 6.07 Å². The number of anilines is 1. The van der Waals surface area contributed by atoms with Crippen LogP contribution in [-0.4, -0.2) is 18.4 Å². The van der Waals surface area contributed by atoms with Crippen LogP contribution in [0.5, 0.6) is 0 Å². The SMILES string of the molecule is Cc1ccc(NC(=O)CCNC(=O)c2ccco2)cc1C(F)(F)F. The van der Waals surface area contributed by atoms with E-state index in [0.29, 0.717) is 0 Å². The summed E-state index contributed by atoms with van der Waals surface area (Å²) in [6.07, 6.45) is -3.22. The van der Waals surface area contributed by atoms with Gasteiger partial charge in [-0.2, -0.15) is 13.2 Å². The van der Waals surface area contributed by atoms with Crippen molar-refractivity contribution in [1.82, 2.24) is 5.32 Å². The van der Waals surface area contributed by atoms with E-state index in [2.05, 4.69) is 10.6 Å². The van der Waals surface area contributed by atoms with Gasteiger partial charge < -0.3 is 15.1 Å². The summed E-state index contributed by atoms with van der Waals surface area (Å²) in [7, 11) is 0. The Hall–Kier alpha value is -2.77. The molecule has 2 N–H and O–H groups in total. The number of alkyl halides is 3. The normalized spacial score (nSPS) is 11.2. The Balaban J connectivity index is 1.87. The second-order valence-corrected chi connectivity index (χ2v) is 5.06. The Morgan fingerprint density at radius 3 is 2.58 bits per heavy atom. The molecule has 1 aromatic carbocycles. The number of hydrogen-bond donors (Lipinski definition) is 2. The first kappa shape index (κ1) is 17.6. The first-order valence-electron chi connectivity index (χ1n) is 7.07. The van der Waals surface area contributed by atoms with Gasteiger partial charge >= 0.3 is 6.18 Å². The van der Waals surface area contributed by atoms with Crippen LogP contribution in [0, 0.1) is 6.92 Å². The van der Waals surface area contributed by atoms with Crippen LogP contribution in [0.2, 0.25) is 0 Å². The van der Waals surface area contributed by atoms with Crippen molar-refractivity contribution in [2.75, 3.05) is 11.9 Å². The Bertz CT molecular complexity index is 725. The molecule has 0 radical (unpaired) electrons. The highest BCUT2D eigenvalue weighted by atomic mass is 19.4. The number of hydrogen-bond acceptors (Lipinski definition) is 3. The molecule has 1 aromatic heterocycles. The van der Waals surface area contributed by atoms with Crippen LogP contribution in [0.3, 0.4) is 0 Å². The largest absolute Gasteiger partial charge is 0.459 e. The standard InChI is InChI=1S/C16H15F3N2O3/c1-10-4-5-11(9-12(10)16(17,18)19)21-14(22)6-7-20-15(23)13-3-2-8-24-13/h2-5,8-9H,6-7H2,1H3,(H,20,23)(H,21,22). The van der Waals surface area contributed by atoms with Crippen LogP contribution in [-0.2, 0) is 11.0 Å². The van der Waals surface area contributed by atoms with Crippen molar-refractivity contribution in [3.8, 4) is 0 Å². The van der Waals surface area contributed by atoms with Gasteiger partial charge in [-0.1, -0.05) is 6.07 Å². The van der Waals surface area contributed by atoms with Crippen molar-refractivity contribution in [2.24, 2.45) is 0 Å². The van der Waals surface area contributed by atoms with Crippen molar-refractivity contribution < 1.29 is 27.2 Å². The first-order valence-corrected chi connectivity index (χ1v) is 7.07. The molecule has 1 heterocycles. The molecule has 2 aromatic rings. The highest BCUT2D eigenvalue weighted by Gasteiger charge is 2.32. The van der Waals surface area contributed by atoms with Crippen molar-refractivity contribution >= 4 is 17.5 Å². The molecule has 0 aliphatic rings. The zero-order chi connectivity index (χ0) is 17.7. The van der Waals surface area contributed by atoms with Gasteiger partial charge in [0.15, 0.2) is 5.76 Å². The summed E-state index contributed by atoms with van der Waals surface area (Å²) >= 11 is 0. The second kappa shape index (κ2) is 7.20. The average molecular weight is 340 g/mol. The molecule has 8 heteroatoms. The molecule has 24 heavy (non-hydrogen) atoms. The predicted octanol–water partition coefficient (Wildman–Crippen LogP) is 3.37. The highest BCUT2D eigenvalue weighted by Crippen LogP contribution is 2.33. The van der Waals surface area contributed by atoms with Crippen LogP contribution in [0.4, 0.5) is 18.9 Å². The second-order valence-electron chi connectivity index (χ2n) is 5.06.